The van der Waals surface area contributed by atoms with Crippen LogP contribution in [0.25, 0.3) is 16.9 Å². The Hall–Kier alpha value is -3.98. The molecule has 2 aromatic carbocycles. The molecular weight excluding hydrogens is 434 g/mol. The lowest BCUT2D eigenvalue weighted by atomic mass is 10.0. The maximum atomic E-state index is 12.9. The first-order chi connectivity index (χ1) is 16.4. The van der Waals surface area contributed by atoms with E-state index < -0.39 is 5.91 Å². The number of hydrogen-bond donors (Lipinski definition) is 3. The van der Waals surface area contributed by atoms with Gasteiger partial charge in [-0.15, -0.1) is 5.10 Å². The van der Waals surface area contributed by atoms with Gasteiger partial charge in [0, 0.05) is 12.0 Å². The van der Waals surface area contributed by atoms with Crippen molar-refractivity contribution in [3.05, 3.63) is 81.0 Å². The Morgan fingerprint density at radius 1 is 1.15 bits per heavy atom. The molecule has 0 radical (unpaired) electrons. The first kappa shape index (κ1) is 23.2. The number of ether oxygens (including phenoxy) is 1. The summed E-state index contributed by atoms with van der Waals surface area (Å²) in [5.41, 5.74) is 5.51. The van der Waals surface area contributed by atoms with Crippen molar-refractivity contribution in [2.45, 2.75) is 40.0 Å². The summed E-state index contributed by atoms with van der Waals surface area (Å²) < 4.78 is 7.47. The Kier molecular flexibility index (Phi) is 6.74. The second-order valence-corrected chi connectivity index (χ2v) is 8.00. The van der Waals surface area contributed by atoms with E-state index in [1.165, 1.54) is 0 Å². The topological polar surface area (TPSA) is 122 Å². The van der Waals surface area contributed by atoms with Crippen molar-refractivity contribution in [2.24, 2.45) is 0 Å². The van der Waals surface area contributed by atoms with Crippen LogP contribution < -0.4 is 15.8 Å². The third-order valence-corrected chi connectivity index (χ3v) is 5.54. The van der Waals surface area contributed by atoms with Crippen LogP contribution >= 0.6 is 0 Å². The zero-order valence-electron chi connectivity index (χ0n) is 19.4. The number of carbonyl (C=O) groups excluding carboxylic acids is 1. The largest absolute Gasteiger partial charge is 0.493 e. The fourth-order valence-electron chi connectivity index (χ4n) is 3.97. The lowest BCUT2D eigenvalue weighted by Gasteiger charge is -2.13. The van der Waals surface area contributed by atoms with Gasteiger partial charge in [-0.25, -0.2) is 15.0 Å². The molecule has 2 heterocycles. The fraction of sp³-hybridized carbons (Fsp3) is 0.280. The van der Waals surface area contributed by atoms with Crippen molar-refractivity contribution in [2.75, 3.05) is 6.61 Å². The molecule has 0 aliphatic heterocycles. The average molecular weight is 462 g/mol. The molecule has 9 nitrogen and oxygen atoms in total. The number of aromatic amines is 1. The number of benzene rings is 2. The monoisotopic (exact) mass is 461 g/mol. The molecule has 4 aromatic rings. The maximum absolute atomic E-state index is 12.9. The normalized spacial score (nSPS) is 11.1. The van der Waals surface area contributed by atoms with Crippen LogP contribution in [-0.4, -0.2) is 37.3 Å². The van der Waals surface area contributed by atoms with E-state index in [4.69, 9.17) is 15.0 Å². The summed E-state index contributed by atoms with van der Waals surface area (Å²) in [6.07, 6.45) is 2.20. The Morgan fingerprint density at radius 2 is 1.88 bits per heavy atom. The van der Waals surface area contributed by atoms with E-state index in [-0.39, 0.29) is 5.56 Å². The van der Waals surface area contributed by atoms with E-state index in [9.17, 15) is 9.59 Å². The first-order valence-corrected chi connectivity index (χ1v) is 11.2. The van der Waals surface area contributed by atoms with Gasteiger partial charge in [0.15, 0.2) is 11.3 Å². The number of aromatic nitrogens is 4. The van der Waals surface area contributed by atoms with Crippen molar-refractivity contribution in [1.82, 2.24) is 25.1 Å². The number of hydroxylamine groups is 1. The molecule has 0 atom stereocenters. The van der Waals surface area contributed by atoms with Gasteiger partial charge >= 0.3 is 0 Å². The molecule has 0 saturated carbocycles. The van der Waals surface area contributed by atoms with Crippen LogP contribution in [0.3, 0.4) is 0 Å². The number of carbonyl (C=O) groups is 1. The number of nitrogens with one attached hydrogen (secondary N) is 2. The summed E-state index contributed by atoms with van der Waals surface area (Å²) in [4.78, 5) is 31.9. The molecule has 2 aromatic heterocycles. The summed E-state index contributed by atoms with van der Waals surface area (Å²) in [5, 5.41) is 13.5. The highest BCUT2D eigenvalue weighted by Crippen LogP contribution is 2.29. The van der Waals surface area contributed by atoms with Gasteiger partial charge in [0.05, 0.1) is 17.9 Å². The summed E-state index contributed by atoms with van der Waals surface area (Å²) in [7, 11) is 0. The molecule has 4 rings (SSSR count). The third kappa shape index (κ3) is 4.55. The molecule has 176 valence electrons. The molecule has 9 heteroatoms. The highest BCUT2D eigenvalue weighted by atomic mass is 16.5. The van der Waals surface area contributed by atoms with Crippen molar-refractivity contribution in [3.63, 3.8) is 0 Å². The van der Waals surface area contributed by atoms with Gasteiger partial charge < -0.3 is 9.72 Å². The molecule has 0 spiro atoms. The predicted octanol–water partition coefficient (Wildman–Crippen LogP) is 3.45. The van der Waals surface area contributed by atoms with Crippen LogP contribution in [0.5, 0.6) is 5.75 Å². The standard InChI is InChI=1S/C25H27N5O4/c1-4-6-21-26-15(3)22-25(32)27-23(28-30(21)22)19-14-17(9-12-20(19)34-5-2)13-16-7-10-18(11-8-16)24(31)29-33/h7-12,14,33H,4-6,13H2,1-3H3,(H,29,31)(H,27,28,32). The van der Waals surface area contributed by atoms with Crippen molar-refractivity contribution in [3.8, 4) is 17.1 Å². The zero-order valence-corrected chi connectivity index (χ0v) is 19.4. The van der Waals surface area contributed by atoms with Gasteiger partial charge in [-0.05, 0) is 62.1 Å². The van der Waals surface area contributed by atoms with Crippen LogP contribution in [0.1, 0.15) is 53.3 Å². The van der Waals surface area contributed by atoms with Crippen LogP contribution in [0.4, 0.5) is 0 Å². The number of hydrogen-bond acceptors (Lipinski definition) is 6. The van der Waals surface area contributed by atoms with Gasteiger partial charge in [0.1, 0.15) is 11.6 Å². The number of amides is 1. The maximum Gasteiger partial charge on any atom is 0.277 e. The van der Waals surface area contributed by atoms with E-state index in [0.717, 1.165) is 23.4 Å². The minimum Gasteiger partial charge on any atom is -0.493 e. The highest BCUT2D eigenvalue weighted by molar-refractivity contribution is 5.93. The third-order valence-electron chi connectivity index (χ3n) is 5.54. The molecule has 0 aliphatic rings. The first-order valence-electron chi connectivity index (χ1n) is 11.2. The summed E-state index contributed by atoms with van der Waals surface area (Å²) in [5.74, 6) is 1.23. The number of nitrogens with zero attached hydrogens (tertiary/aromatic N) is 3. The summed E-state index contributed by atoms with van der Waals surface area (Å²) >= 11 is 0. The molecule has 34 heavy (non-hydrogen) atoms. The van der Waals surface area contributed by atoms with Crippen molar-refractivity contribution in [1.29, 1.82) is 0 Å². The Morgan fingerprint density at radius 3 is 2.56 bits per heavy atom. The van der Waals surface area contributed by atoms with E-state index in [2.05, 4.69) is 16.9 Å². The quantitative estimate of drug-likeness (QED) is 0.273. The van der Waals surface area contributed by atoms with Crippen LogP contribution in [0, 0.1) is 6.92 Å². The van der Waals surface area contributed by atoms with E-state index in [1.54, 1.807) is 22.1 Å². The molecule has 0 unspecified atom stereocenters. The predicted molar refractivity (Wildman–Crippen MR) is 127 cm³/mol. The van der Waals surface area contributed by atoms with Crippen molar-refractivity contribution < 1.29 is 14.7 Å². The fourth-order valence-corrected chi connectivity index (χ4v) is 3.97. The zero-order chi connectivity index (χ0) is 24.2. The van der Waals surface area contributed by atoms with Crippen molar-refractivity contribution >= 4 is 11.4 Å². The number of aryl methyl sites for hydroxylation is 2. The van der Waals surface area contributed by atoms with E-state index in [0.29, 0.717) is 53.4 Å². The lowest BCUT2D eigenvalue weighted by Crippen LogP contribution is -2.18. The molecule has 1 amide bonds. The van der Waals surface area contributed by atoms with Gasteiger partial charge in [-0.1, -0.05) is 25.1 Å². The minimum atomic E-state index is -0.558. The van der Waals surface area contributed by atoms with Gasteiger partial charge in [0.2, 0.25) is 0 Å². The molecule has 0 aliphatic carbocycles. The van der Waals surface area contributed by atoms with E-state index >= 15 is 0 Å². The van der Waals surface area contributed by atoms with E-state index in [1.807, 2.05) is 44.2 Å². The van der Waals surface area contributed by atoms with Crippen LogP contribution in [0.2, 0.25) is 0 Å². The second-order valence-electron chi connectivity index (χ2n) is 8.00. The highest BCUT2D eigenvalue weighted by Gasteiger charge is 2.17. The average Bonchev–Trinajstić information content (AvgIpc) is 3.16. The van der Waals surface area contributed by atoms with Crippen LogP contribution in [-0.2, 0) is 12.8 Å². The minimum absolute atomic E-state index is 0.247. The van der Waals surface area contributed by atoms with Crippen LogP contribution in [0.15, 0.2) is 47.3 Å². The Bertz CT molecular complexity index is 1390. The number of rotatable bonds is 8. The molecular formula is C25H27N5O4. The summed E-state index contributed by atoms with van der Waals surface area (Å²) in [6.45, 7) is 6.24. The van der Waals surface area contributed by atoms with Gasteiger partial charge in [-0.2, -0.15) is 0 Å². The molecule has 3 N–H and O–H groups in total. The number of fused-ring (bicyclic) bond motifs is 1. The second kappa shape index (κ2) is 9.88. The number of H-pyrrole nitrogens is 1. The van der Waals surface area contributed by atoms with Gasteiger partial charge in [0.25, 0.3) is 11.5 Å². The van der Waals surface area contributed by atoms with Gasteiger partial charge in [-0.3, -0.25) is 14.8 Å². The molecule has 0 saturated heterocycles. The smallest absolute Gasteiger partial charge is 0.277 e. The Balaban J connectivity index is 1.76. The Labute approximate surface area is 196 Å². The molecule has 0 bridgehead atoms. The SMILES string of the molecule is CCCc1nc(C)c2c(=O)[nH]c(-c3cc(Cc4ccc(C(=O)NO)cc4)ccc3OCC)nn12. The summed E-state index contributed by atoms with van der Waals surface area (Å²) in [6, 6.07) is 12.8. The number of imidazole rings is 1. The molecule has 0 fully saturated rings. The lowest BCUT2D eigenvalue weighted by molar-refractivity contribution is 0.0706.